The van der Waals surface area contributed by atoms with Crippen LogP contribution in [-0.2, 0) is 10.7 Å². The molecule has 0 fully saturated rings. The van der Waals surface area contributed by atoms with Crippen molar-refractivity contribution in [1.82, 2.24) is 0 Å². The van der Waals surface area contributed by atoms with Crippen LogP contribution in [0, 0.1) is 0 Å². The average Bonchev–Trinajstić information content (AvgIpc) is 2.14. The molecule has 0 spiro atoms. The van der Waals surface area contributed by atoms with Gasteiger partial charge in [-0.2, -0.15) is 0 Å². The maximum absolute atomic E-state index is 10.2. The number of nitrogen functional groups attached to an aromatic ring is 1. The van der Waals surface area contributed by atoms with Gasteiger partial charge in [-0.05, 0) is 12.1 Å². The molecule has 0 atom stereocenters. The fraction of sp³-hybridized carbons (Fsp3) is 0. The molecule has 3 nitrogen and oxygen atoms in total. The lowest BCUT2D eigenvalue weighted by Gasteiger charge is -1.74. The van der Waals surface area contributed by atoms with E-state index >= 15 is 0 Å². The summed E-state index contributed by atoms with van der Waals surface area (Å²) < 4.78 is 20.7. The van der Waals surface area contributed by atoms with Gasteiger partial charge < -0.3 is 5.73 Å². The Balaban J connectivity index is 3.12. The molecule has 9 heavy (non-hydrogen) atoms. The van der Waals surface area contributed by atoms with E-state index in [1.165, 1.54) is 6.07 Å². The van der Waals surface area contributed by atoms with Gasteiger partial charge in [0, 0.05) is 0 Å². The van der Waals surface area contributed by atoms with Crippen LogP contribution in [0.1, 0.15) is 0 Å². The smallest absolute Gasteiger partial charge is 0.177 e. The molecule has 0 aromatic carbocycles. The number of thiophene rings is 1. The predicted octanol–water partition coefficient (Wildman–Crippen LogP) is 0.301. The molecule has 0 bridgehead atoms. The maximum atomic E-state index is 10.2. The van der Waals surface area contributed by atoms with E-state index in [2.05, 4.69) is 0 Å². The van der Waals surface area contributed by atoms with Crippen LogP contribution in [0.2, 0.25) is 0 Å². The highest BCUT2D eigenvalue weighted by Crippen LogP contribution is 2.18. The van der Waals surface area contributed by atoms with Crippen molar-refractivity contribution in [2.45, 2.75) is 4.21 Å². The fourth-order valence-corrected chi connectivity index (χ4v) is 1.76. The second-order valence-electron chi connectivity index (χ2n) is 1.43. The molecule has 0 radical (unpaired) electrons. The highest BCUT2D eigenvalue weighted by Gasteiger charge is 1.96. The summed E-state index contributed by atoms with van der Waals surface area (Å²) in [5.74, 6) is 0. The van der Waals surface area contributed by atoms with Crippen molar-refractivity contribution in [2.24, 2.45) is 0 Å². The van der Waals surface area contributed by atoms with Crippen molar-refractivity contribution in [3.63, 3.8) is 0 Å². The number of anilines is 1. The molecule has 1 heterocycles. The van der Waals surface area contributed by atoms with Gasteiger partial charge >= 0.3 is 0 Å². The predicted molar refractivity (Wildman–Crippen MR) is 37.3 cm³/mol. The number of hydrogen-bond acceptors (Lipinski definition) is 4. The molecule has 2 N–H and O–H groups in total. The summed E-state index contributed by atoms with van der Waals surface area (Å²) in [6, 6.07) is 3.07. The first-order valence-corrected chi connectivity index (χ1v) is 4.19. The quantitative estimate of drug-likeness (QED) is 0.585. The van der Waals surface area contributed by atoms with Crippen LogP contribution in [0.25, 0.3) is 0 Å². The summed E-state index contributed by atoms with van der Waals surface area (Å²) in [5, 5.41) is 0.532. The average molecular weight is 163 g/mol. The first-order chi connectivity index (χ1) is 4.20. The van der Waals surface area contributed by atoms with Gasteiger partial charge in [-0.3, -0.25) is 0 Å². The minimum absolute atomic E-state index is 0.322. The van der Waals surface area contributed by atoms with E-state index in [0.717, 1.165) is 11.3 Å². The highest BCUT2D eigenvalue weighted by atomic mass is 32.2. The van der Waals surface area contributed by atoms with E-state index in [1.807, 2.05) is 0 Å². The van der Waals surface area contributed by atoms with Crippen molar-refractivity contribution < 1.29 is 8.42 Å². The molecule has 5 heteroatoms. The number of thiol groups is 1. The molecule has 1 aromatic heterocycles. The molecular formula is C4H5NO2S2. The molecule has 0 saturated carbocycles. The van der Waals surface area contributed by atoms with Gasteiger partial charge in [0.25, 0.3) is 0 Å². The third kappa shape index (κ3) is 1.43. The largest absolute Gasteiger partial charge is 0.391 e. The van der Waals surface area contributed by atoms with Crippen LogP contribution < -0.4 is 5.73 Å². The van der Waals surface area contributed by atoms with Crippen LogP contribution in [0.3, 0.4) is 0 Å². The Morgan fingerprint density at radius 1 is 1.44 bits per heavy atom. The highest BCUT2D eigenvalue weighted by molar-refractivity contribution is 7.75. The monoisotopic (exact) mass is 163 g/mol. The zero-order valence-corrected chi connectivity index (χ0v) is 6.11. The van der Waals surface area contributed by atoms with Gasteiger partial charge in [-0.25, -0.2) is 8.42 Å². The lowest BCUT2D eigenvalue weighted by Crippen LogP contribution is -1.73. The Kier molecular flexibility index (Phi) is 1.73. The van der Waals surface area contributed by atoms with Gasteiger partial charge in [0.05, 0.1) is 5.00 Å². The van der Waals surface area contributed by atoms with Crippen LogP contribution >= 0.6 is 11.3 Å². The summed E-state index contributed by atoms with van der Waals surface area (Å²) in [5.41, 5.74) is 5.27. The topological polar surface area (TPSA) is 60.2 Å². The normalized spacial score (nSPS) is 10.3. The molecule has 1 aromatic rings. The Hall–Kier alpha value is -0.550. The number of rotatable bonds is 1. The molecule has 0 amide bonds. The van der Waals surface area contributed by atoms with Gasteiger partial charge in [0.15, 0.2) is 10.7 Å². The summed E-state index contributed by atoms with van der Waals surface area (Å²) in [4.78, 5) is 0. The van der Waals surface area contributed by atoms with E-state index in [1.54, 1.807) is 6.07 Å². The van der Waals surface area contributed by atoms with E-state index in [4.69, 9.17) is 5.73 Å². The molecule has 0 unspecified atom stereocenters. The fourth-order valence-electron chi connectivity index (χ4n) is 0.440. The van der Waals surface area contributed by atoms with Crippen molar-refractivity contribution in [3.8, 4) is 0 Å². The van der Waals surface area contributed by atoms with E-state index in [0.29, 0.717) is 9.21 Å². The third-order valence-electron chi connectivity index (χ3n) is 0.793. The van der Waals surface area contributed by atoms with Crippen molar-refractivity contribution in [3.05, 3.63) is 12.1 Å². The Bertz CT molecular complexity index is 268. The maximum Gasteiger partial charge on any atom is 0.177 e. The van der Waals surface area contributed by atoms with Crippen LogP contribution in [0.4, 0.5) is 5.00 Å². The van der Waals surface area contributed by atoms with Gasteiger partial charge in [0.2, 0.25) is 0 Å². The zero-order valence-electron chi connectivity index (χ0n) is 4.40. The number of hydrogen-bond donors (Lipinski definition) is 2. The molecule has 0 aliphatic rings. The van der Waals surface area contributed by atoms with Crippen LogP contribution in [0.15, 0.2) is 16.3 Å². The molecule has 0 aliphatic carbocycles. The molecular weight excluding hydrogens is 158 g/mol. The van der Waals surface area contributed by atoms with E-state index in [-0.39, 0.29) is 0 Å². The second kappa shape index (κ2) is 2.36. The Morgan fingerprint density at radius 3 is 2.33 bits per heavy atom. The zero-order chi connectivity index (χ0) is 6.85. The van der Waals surface area contributed by atoms with E-state index in [9.17, 15) is 8.42 Å². The molecule has 0 aliphatic heterocycles. The van der Waals surface area contributed by atoms with Gasteiger partial charge in [0.1, 0.15) is 4.21 Å². The summed E-state index contributed by atoms with van der Waals surface area (Å²) in [6.45, 7) is 0. The van der Waals surface area contributed by atoms with Crippen LogP contribution in [0.5, 0.6) is 0 Å². The van der Waals surface area contributed by atoms with Crippen LogP contribution in [-0.4, -0.2) is 8.42 Å². The van der Waals surface area contributed by atoms with Gasteiger partial charge in [-0.15, -0.1) is 11.3 Å². The SMILES string of the molecule is Nc1ccc([SH](=O)=O)s1. The standard InChI is InChI=1S/C4H5NO2S2/c5-3-1-2-4(8-3)9(6)7/h1-2,9H,5H2. The van der Waals surface area contributed by atoms with E-state index < -0.39 is 10.7 Å². The summed E-state index contributed by atoms with van der Waals surface area (Å²) in [6.07, 6.45) is 0. The van der Waals surface area contributed by atoms with Crippen molar-refractivity contribution >= 4 is 27.0 Å². The van der Waals surface area contributed by atoms with Gasteiger partial charge in [-0.1, -0.05) is 0 Å². The minimum Gasteiger partial charge on any atom is -0.391 e. The summed E-state index contributed by atoms with van der Waals surface area (Å²) in [7, 11) is -2.44. The van der Waals surface area contributed by atoms with Crippen molar-refractivity contribution in [1.29, 1.82) is 0 Å². The first-order valence-electron chi connectivity index (χ1n) is 2.20. The minimum atomic E-state index is -2.44. The summed E-state index contributed by atoms with van der Waals surface area (Å²) >= 11 is 1.08. The lowest BCUT2D eigenvalue weighted by molar-refractivity contribution is 0.616. The molecule has 1 rings (SSSR count). The Morgan fingerprint density at radius 2 is 2.11 bits per heavy atom. The number of nitrogens with two attached hydrogens (primary N) is 1. The molecule has 50 valence electrons. The molecule has 0 saturated heterocycles. The van der Waals surface area contributed by atoms with Crippen molar-refractivity contribution in [2.75, 3.05) is 5.73 Å². The second-order valence-corrected chi connectivity index (χ2v) is 3.85. The third-order valence-corrected chi connectivity index (χ3v) is 2.74. The Labute approximate surface area is 58.1 Å². The first kappa shape index (κ1) is 6.57. The lowest BCUT2D eigenvalue weighted by atomic mass is 10.6.